The summed E-state index contributed by atoms with van der Waals surface area (Å²) in [6.07, 6.45) is -2.27. The van der Waals surface area contributed by atoms with Gasteiger partial charge >= 0.3 is 17.8 Å². The molecule has 0 saturated carbocycles. The highest BCUT2D eigenvalue weighted by Gasteiger charge is 2.30. The molecule has 5 rings (SSSR count). The van der Waals surface area contributed by atoms with Crippen LogP contribution in [-0.2, 0) is 13.1 Å². The van der Waals surface area contributed by atoms with Gasteiger partial charge in [0.15, 0.2) is 6.39 Å². The van der Waals surface area contributed by atoms with Gasteiger partial charge in [0, 0.05) is 23.4 Å². The Labute approximate surface area is 200 Å². The van der Waals surface area contributed by atoms with Gasteiger partial charge in [-0.15, -0.1) is 9.50 Å². The summed E-state index contributed by atoms with van der Waals surface area (Å²) in [7, 11) is 0. The molecule has 0 amide bonds. The minimum Gasteiger partial charge on any atom is -0.448 e. The maximum absolute atomic E-state index is 13.2. The van der Waals surface area contributed by atoms with E-state index in [0.29, 0.717) is 32.8 Å². The van der Waals surface area contributed by atoms with E-state index in [1.54, 1.807) is 37.3 Å². The number of halogens is 3. The predicted octanol–water partition coefficient (Wildman–Crippen LogP) is 2.30. The van der Waals surface area contributed by atoms with Gasteiger partial charge in [0.25, 0.3) is 5.56 Å². The molecule has 5 aromatic rings. The summed E-state index contributed by atoms with van der Waals surface area (Å²) < 4.78 is 47.4. The topological polar surface area (TPSA) is 127 Å². The predicted molar refractivity (Wildman–Crippen MR) is 122 cm³/mol. The molecule has 0 aliphatic rings. The zero-order valence-electron chi connectivity index (χ0n) is 18.8. The molecule has 36 heavy (non-hydrogen) atoms. The summed E-state index contributed by atoms with van der Waals surface area (Å²) in [4.78, 5) is 32.5. The Morgan fingerprint density at radius 3 is 2.50 bits per heavy atom. The average molecular weight is 498 g/mol. The van der Waals surface area contributed by atoms with E-state index in [-0.39, 0.29) is 23.7 Å². The maximum Gasteiger partial charge on any atom is 0.411 e. The van der Waals surface area contributed by atoms with Gasteiger partial charge in [-0.2, -0.15) is 17.9 Å². The summed E-state index contributed by atoms with van der Waals surface area (Å²) in [5.41, 5.74) is 6.94. The summed E-state index contributed by atoms with van der Waals surface area (Å²) in [6, 6.07) is 11.3. The van der Waals surface area contributed by atoms with Crippen LogP contribution in [-0.4, -0.2) is 29.9 Å². The number of anilines is 1. The highest BCUT2D eigenvalue weighted by Crippen LogP contribution is 2.32. The molecular weight excluding hydrogens is 479 g/mol. The minimum absolute atomic E-state index is 0.0179. The molecule has 0 bridgehead atoms. The lowest BCUT2D eigenvalue weighted by Gasteiger charge is -2.13. The number of benzene rings is 1. The number of aromatic nitrogens is 6. The summed E-state index contributed by atoms with van der Waals surface area (Å²) in [6.45, 7) is 0.200. The fourth-order valence-electron chi connectivity index (χ4n) is 3.96. The maximum atomic E-state index is 13.2. The molecule has 0 aliphatic heterocycles. The standard InChI is InChI=1S/C23H18F3N7O3/c1-13-16(28-12-36-13)10-32-22(35)33-20(30-32)18(19(29-21(33)27)14-5-3-2-4-6-14)15-7-8-17(34)31(9-15)11-23(24,25)26/h2-9,12H,10-11H2,1H3,(H2,27,29)/p+1. The van der Waals surface area contributed by atoms with Crippen molar-refractivity contribution < 1.29 is 22.6 Å². The van der Waals surface area contributed by atoms with E-state index < -0.39 is 24.0 Å². The Bertz CT molecular complexity index is 1700. The molecule has 10 nitrogen and oxygen atoms in total. The number of oxazole rings is 1. The number of nitrogens with one attached hydrogen (secondary N) is 1. The summed E-state index contributed by atoms with van der Waals surface area (Å²) in [5.74, 6) is 0.465. The molecule has 1 aromatic carbocycles. The Balaban J connectivity index is 1.81. The molecule has 0 atom stereocenters. The molecule has 184 valence electrons. The molecule has 0 fully saturated rings. The van der Waals surface area contributed by atoms with Crippen LogP contribution in [0.25, 0.3) is 28.0 Å². The van der Waals surface area contributed by atoms with E-state index in [4.69, 9.17) is 10.2 Å². The molecule has 0 radical (unpaired) electrons. The number of alkyl halides is 3. The van der Waals surface area contributed by atoms with Crippen molar-refractivity contribution in [1.82, 2.24) is 23.7 Å². The first kappa shape index (κ1) is 23.1. The van der Waals surface area contributed by atoms with Gasteiger partial charge in [-0.05, 0) is 13.0 Å². The van der Waals surface area contributed by atoms with Crippen molar-refractivity contribution >= 4 is 11.6 Å². The first-order valence-corrected chi connectivity index (χ1v) is 10.7. The number of H-pyrrole nitrogens is 1. The quantitative estimate of drug-likeness (QED) is 0.396. The lowest BCUT2D eigenvalue weighted by atomic mass is 10.0. The number of hydrogen-bond donors (Lipinski definition) is 1. The molecule has 13 heteroatoms. The van der Waals surface area contributed by atoms with Gasteiger partial charge in [0.1, 0.15) is 23.7 Å². The van der Waals surface area contributed by atoms with Gasteiger partial charge in [-0.3, -0.25) is 10.5 Å². The third kappa shape index (κ3) is 4.15. The van der Waals surface area contributed by atoms with Crippen LogP contribution in [0.4, 0.5) is 19.1 Å². The second kappa shape index (κ2) is 8.52. The number of nitrogens with two attached hydrogens (primary N) is 1. The van der Waals surface area contributed by atoms with Crippen LogP contribution in [0.5, 0.6) is 0 Å². The van der Waals surface area contributed by atoms with E-state index in [9.17, 15) is 22.8 Å². The number of pyridine rings is 1. The van der Waals surface area contributed by atoms with Crippen molar-refractivity contribution in [2.45, 2.75) is 26.2 Å². The van der Waals surface area contributed by atoms with Gasteiger partial charge in [-0.25, -0.2) is 14.8 Å². The summed E-state index contributed by atoms with van der Waals surface area (Å²) >= 11 is 0. The van der Waals surface area contributed by atoms with Gasteiger partial charge < -0.3 is 8.98 Å². The normalized spacial score (nSPS) is 11.9. The highest BCUT2D eigenvalue weighted by molar-refractivity contribution is 5.88. The van der Waals surface area contributed by atoms with Crippen LogP contribution < -0.4 is 22.0 Å². The number of aromatic amines is 1. The molecule has 0 saturated heterocycles. The molecular formula is C23H19F3N7O3+. The Morgan fingerprint density at radius 2 is 1.83 bits per heavy atom. The SMILES string of the molecule is Cc1ocnc1Cn1nc2c(-c3ccc(=O)n(CC(F)(F)F)c3)c(-c3ccccc3)[nH+]c(N)n2c1=O. The van der Waals surface area contributed by atoms with E-state index in [1.807, 2.05) is 0 Å². The second-order valence-electron chi connectivity index (χ2n) is 8.08. The van der Waals surface area contributed by atoms with Gasteiger partial charge in [0.2, 0.25) is 5.65 Å². The molecule has 4 aromatic heterocycles. The zero-order chi connectivity index (χ0) is 25.6. The van der Waals surface area contributed by atoms with Crippen LogP contribution in [0.3, 0.4) is 0 Å². The first-order chi connectivity index (χ1) is 17.1. The third-order valence-corrected chi connectivity index (χ3v) is 5.64. The van der Waals surface area contributed by atoms with Crippen LogP contribution in [0.1, 0.15) is 11.5 Å². The number of nitrogen functional groups attached to an aromatic ring is 1. The van der Waals surface area contributed by atoms with E-state index in [1.165, 1.54) is 12.5 Å². The average Bonchev–Trinajstić information content (AvgIpc) is 3.38. The number of rotatable bonds is 5. The number of fused-ring (bicyclic) bond motifs is 1. The van der Waals surface area contributed by atoms with Crippen LogP contribution in [0, 0.1) is 6.92 Å². The molecule has 3 N–H and O–H groups in total. The van der Waals surface area contributed by atoms with E-state index in [2.05, 4.69) is 15.1 Å². The molecule has 0 unspecified atom stereocenters. The smallest absolute Gasteiger partial charge is 0.411 e. The van der Waals surface area contributed by atoms with Gasteiger partial charge in [0.05, 0.1) is 12.1 Å². The van der Waals surface area contributed by atoms with E-state index >= 15 is 0 Å². The van der Waals surface area contributed by atoms with Crippen molar-refractivity contribution in [3.05, 3.63) is 87.3 Å². The van der Waals surface area contributed by atoms with Crippen LogP contribution >= 0.6 is 0 Å². The lowest BCUT2D eigenvalue weighted by molar-refractivity contribution is -0.351. The number of hydrogen-bond acceptors (Lipinski definition) is 6. The van der Waals surface area contributed by atoms with Crippen molar-refractivity contribution in [3.63, 3.8) is 0 Å². The Hall–Kier alpha value is -4.68. The largest absolute Gasteiger partial charge is 0.448 e. The number of nitrogens with zero attached hydrogens (tertiary/aromatic N) is 5. The van der Waals surface area contributed by atoms with Crippen molar-refractivity contribution in [1.29, 1.82) is 0 Å². The van der Waals surface area contributed by atoms with Crippen LogP contribution in [0.15, 0.2) is 69.1 Å². The minimum atomic E-state index is -4.61. The Kier molecular flexibility index (Phi) is 5.46. The van der Waals surface area contributed by atoms with E-state index in [0.717, 1.165) is 21.3 Å². The highest BCUT2D eigenvalue weighted by atomic mass is 19.4. The molecule has 0 spiro atoms. The summed E-state index contributed by atoms with van der Waals surface area (Å²) in [5, 5.41) is 4.45. The van der Waals surface area contributed by atoms with Crippen LogP contribution in [0.2, 0.25) is 0 Å². The fourth-order valence-corrected chi connectivity index (χ4v) is 3.96. The van der Waals surface area contributed by atoms with Crippen molar-refractivity contribution in [2.75, 3.05) is 5.73 Å². The fraction of sp³-hybridized carbons (Fsp3) is 0.174. The van der Waals surface area contributed by atoms with Crippen molar-refractivity contribution in [3.8, 4) is 22.4 Å². The second-order valence-corrected chi connectivity index (χ2v) is 8.08. The van der Waals surface area contributed by atoms with Gasteiger partial charge in [-0.1, -0.05) is 30.3 Å². The van der Waals surface area contributed by atoms with Crippen molar-refractivity contribution in [2.24, 2.45) is 0 Å². The Morgan fingerprint density at radius 1 is 1.08 bits per heavy atom. The zero-order valence-corrected chi connectivity index (χ0v) is 18.8. The third-order valence-electron chi connectivity index (χ3n) is 5.64. The first-order valence-electron chi connectivity index (χ1n) is 10.7. The number of aryl methyl sites for hydroxylation is 1. The monoisotopic (exact) mass is 498 g/mol. The lowest BCUT2D eigenvalue weighted by Crippen LogP contribution is -2.29. The molecule has 4 heterocycles. The molecule has 0 aliphatic carbocycles.